The van der Waals surface area contributed by atoms with Crippen LogP contribution in [0.1, 0.15) is 34.1 Å². The van der Waals surface area contributed by atoms with Crippen molar-refractivity contribution in [3.8, 4) is 0 Å². The van der Waals surface area contributed by atoms with Gasteiger partial charge < -0.3 is 24.1 Å². The fourth-order valence-electron chi connectivity index (χ4n) is 1.56. The SMILES string of the molecule is CCC(C)(OCC(C)(OC)C(=O)OCC(C)O)C(=O)OCCP(=O)=S=S. The van der Waals surface area contributed by atoms with Gasteiger partial charge in [0.05, 0.1) is 18.9 Å². The summed E-state index contributed by atoms with van der Waals surface area (Å²) in [5.74, 6) is -1.35. The van der Waals surface area contributed by atoms with E-state index in [1.807, 2.05) is 0 Å². The van der Waals surface area contributed by atoms with E-state index in [2.05, 4.69) is 11.2 Å². The van der Waals surface area contributed by atoms with Crippen molar-refractivity contribution in [2.24, 2.45) is 0 Å². The van der Waals surface area contributed by atoms with Crippen molar-refractivity contribution in [1.29, 1.82) is 0 Å². The zero-order chi connectivity index (χ0) is 20.4. The van der Waals surface area contributed by atoms with Crippen LogP contribution in [0.3, 0.4) is 0 Å². The van der Waals surface area contributed by atoms with E-state index >= 15 is 0 Å². The van der Waals surface area contributed by atoms with Crippen LogP contribution in [0.15, 0.2) is 0 Å². The first-order valence-corrected chi connectivity index (χ1v) is 11.8. The average molecular weight is 430 g/mol. The van der Waals surface area contributed by atoms with Gasteiger partial charge in [-0.2, -0.15) is 0 Å². The van der Waals surface area contributed by atoms with Crippen molar-refractivity contribution in [2.45, 2.75) is 51.4 Å². The third-order valence-electron chi connectivity index (χ3n) is 3.70. The summed E-state index contributed by atoms with van der Waals surface area (Å²) in [5.41, 5.74) is -2.76. The number of methoxy groups -OCH3 is 1. The third kappa shape index (κ3) is 8.37. The molecule has 0 radical (unpaired) electrons. The molecule has 0 amide bonds. The second kappa shape index (κ2) is 11.9. The standard InChI is InChI=1S/C15H27O8PS2/c1-6-14(3,12(17)21-7-8-24(19)26-25)23-10-15(4,20-5)13(18)22-9-11(2)16/h11,16H,6-10H2,1-5H3. The second-order valence-corrected chi connectivity index (χ2v) is 10.3. The minimum Gasteiger partial charge on any atom is -0.463 e. The number of aliphatic hydroxyl groups excluding tert-OH is 1. The van der Waals surface area contributed by atoms with E-state index < -0.39 is 35.8 Å². The largest absolute Gasteiger partial charge is 0.463 e. The molecule has 1 N–H and O–H groups in total. The summed E-state index contributed by atoms with van der Waals surface area (Å²) < 4.78 is 32.2. The molecule has 0 heterocycles. The molecule has 0 aromatic heterocycles. The molecule has 152 valence electrons. The summed E-state index contributed by atoms with van der Waals surface area (Å²) in [7, 11) is 2.12. The molecule has 0 spiro atoms. The molecule has 0 bridgehead atoms. The molecular formula is C15H27O8PS2. The Morgan fingerprint density at radius 1 is 1.23 bits per heavy atom. The molecule has 0 aromatic rings. The fraction of sp³-hybridized carbons (Fsp3) is 0.867. The van der Waals surface area contributed by atoms with Crippen LogP contribution in [0.5, 0.6) is 0 Å². The summed E-state index contributed by atoms with van der Waals surface area (Å²) in [6.45, 7) is 4.12. The first-order valence-electron chi connectivity index (χ1n) is 8.01. The lowest BCUT2D eigenvalue weighted by molar-refractivity contribution is -0.194. The quantitative estimate of drug-likeness (QED) is 0.362. The van der Waals surface area contributed by atoms with Crippen LogP contribution < -0.4 is 0 Å². The van der Waals surface area contributed by atoms with Gasteiger partial charge in [-0.05, 0) is 47.9 Å². The molecule has 0 saturated heterocycles. The van der Waals surface area contributed by atoms with Crippen molar-refractivity contribution in [3.63, 3.8) is 0 Å². The number of carbonyl (C=O) groups is 2. The fourth-order valence-corrected chi connectivity index (χ4v) is 2.99. The van der Waals surface area contributed by atoms with E-state index in [1.165, 1.54) is 27.9 Å². The average Bonchev–Trinajstić information content (AvgIpc) is 2.63. The molecule has 11 heteroatoms. The third-order valence-corrected chi connectivity index (χ3v) is 6.96. The molecule has 4 unspecified atom stereocenters. The number of hydrogen-bond donors (Lipinski definition) is 1. The van der Waals surface area contributed by atoms with E-state index in [0.717, 1.165) is 9.50 Å². The highest BCUT2D eigenvalue weighted by molar-refractivity contribution is 8.32. The van der Waals surface area contributed by atoms with Crippen LogP contribution in [-0.4, -0.2) is 67.4 Å². The Bertz CT molecular complexity index is 586. The molecule has 0 rings (SSSR count). The molecule has 4 atom stereocenters. The van der Waals surface area contributed by atoms with E-state index in [-0.39, 0.29) is 32.4 Å². The first kappa shape index (κ1) is 25.4. The van der Waals surface area contributed by atoms with E-state index in [0.29, 0.717) is 0 Å². The van der Waals surface area contributed by atoms with Gasteiger partial charge in [-0.1, -0.05) is 6.92 Å². The lowest BCUT2D eigenvalue weighted by Crippen LogP contribution is -2.49. The summed E-state index contributed by atoms with van der Waals surface area (Å²) in [4.78, 5) is 24.4. The molecular weight excluding hydrogens is 403 g/mol. The van der Waals surface area contributed by atoms with Crippen LogP contribution in [0, 0.1) is 0 Å². The van der Waals surface area contributed by atoms with Gasteiger partial charge in [-0.3, -0.25) is 4.57 Å². The van der Waals surface area contributed by atoms with Crippen LogP contribution in [0.25, 0.3) is 0 Å². The Kier molecular flexibility index (Phi) is 11.7. The monoisotopic (exact) mass is 430 g/mol. The minimum atomic E-state index is -1.63. The highest BCUT2D eigenvalue weighted by atomic mass is 32.9. The first-order chi connectivity index (χ1) is 12.0. The van der Waals surface area contributed by atoms with Gasteiger partial charge in [0, 0.05) is 7.11 Å². The maximum absolute atomic E-state index is 12.3. The molecule has 0 aliphatic carbocycles. The molecule has 0 fully saturated rings. The number of rotatable bonds is 12. The van der Waals surface area contributed by atoms with Crippen molar-refractivity contribution >= 4 is 39.2 Å². The Labute approximate surface area is 162 Å². The van der Waals surface area contributed by atoms with Crippen molar-refractivity contribution in [1.82, 2.24) is 0 Å². The molecule has 0 aliphatic rings. The number of hydrogen-bond acceptors (Lipinski definition) is 9. The van der Waals surface area contributed by atoms with Gasteiger partial charge in [0.25, 0.3) is 0 Å². The lowest BCUT2D eigenvalue weighted by Gasteiger charge is -2.32. The van der Waals surface area contributed by atoms with E-state index in [9.17, 15) is 19.3 Å². The van der Waals surface area contributed by atoms with E-state index in [1.54, 1.807) is 6.92 Å². The van der Waals surface area contributed by atoms with Gasteiger partial charge >= 0.3 is 11.9 Å². The molecule has 0 aromatic carbocycles. The summed E-state index contributed by atoms with van der Waals surface area (Å²) in [5, 5.41) is 9.21. The predicted molar refractivity (Wildman–Crippen MR) is 101 cm³/mol. The second-order valence-electron chi connectivity index (χ2n) is 6.02. The van der Waals surface area contributed by atoms with Crippen LogP contribution >= 0.6 is 6.58 Å². The predicted octanol–water partition coefficient (Wildman–Crippen LogP) is 1.33. The van der Waals surface area contributed by atoms with Crippen LogP contribution in [-0.2, 0) is 53.8 Å². The van der Waals surface area contributed by atoms with Gasteiger partial charge in [-0.25, -0.2) is 9.59 Å². The number of esters is 2. The van der Waals surface area contributed by atoms with Crippen LogP contribution in [0.2, 0.25) is 0 Å². The molecule has 0 aliphatic heterocycles. The Balaban J connectivity index is 4.88. The Morgan fingerprint density at radius 3 is 2.27 bits per heavy atom. The number of aliphatic hydroxyl groups is 1. The van der Waals surface area contributed by atoms with Gasteiger partial charge in [0.1, 0.15) is 13.2 Å². The zero-order valence-corrected chi connectivity index (χ0v) is 18.2. The van der Waals surface area contributed by atoms with Crippen molar-refractivity contribution < 1.29 is 38.2 Å². The minimum absolute atomic E-state index is 0.0331. The van der Waals surface area contributed by atoms with Crippen molar-refractivity contribution in [3.05, 3.63) is 0 Å². The topological polar surface area (TPSA) is 108 Å². The number of carbonyl (C=O) groups excluding carboxylic acids is 2. The molecule has 26 heavy (non-hydrogen) atoms. The van der Waals surface area contributed by atoms with Crippen LogP contribution in [0.4, 0.5) is 0 Å². The Morgan fingerprint density at radius 2 is 1.81 bits per heavy atom. The summed E-state index contributed by atoms with van der Waals surface area (Å²) in [6, 6.07) is 0. The van der Waals surface area contributed by atoms with Gasteiger partial charge in [0.2, 0.25) is 0 Å². The smallest absolute Gasteiger partial charge is 0.340 e. The summed E-state index contributed by atoms with van der Waals surface area (Å²) in [6.07, 6.45) is -0.358. The van der Waals surface area contributed by atoms with Gasteiger partial charge in [0.15, 0.2) is 17.8 Å². The lowest BCUT2D eigenvalue weighted by atomic mass is 10.0. The molecule has 0 saturated carbocycles. The normalized spacial score (nSPS) is 17.4. The molecule has 8 nitrogen and oxygen atoms in total. The highest BCUT2D eigenvalue weighted by Gasteiger charge is 2.41. The number of ether oxygens (including phenoxy) is 4. The maximum atomic E-state index is 12.3. The zero-order valence-electron chi connectivity index (χ0n) is 15.7. The van der Waals surface area contributed by atoms with Crippen molar-refractivity contribution in [2.75, 3.05) is 33.1 Å². The van der Waals surface area contributed by atoms with Gasteiger partial charge in [-0.15, -0.1) is 0 Å². The Hall–Kier alpha value is -0.640. The maximum Gasteiger partial charge on any atom is 0.340 e. The van der Waals surface area contributed by atoms with E-state index in [4.69, 9.17) is 18.9 Å². The summed E-state index contributed by atoms with van der Waals surface area (Å²) >= 11 is 4.60. The highest BCUT2D eigenvalue weighted by Crippen LogP contribution is 2.22.